The summed E-state index contributed by atoms with van der Waals surface area (Å²) in [6.45, 7) is 3.23. The summed E-state index contributed by atoms with van der Waals surface area (Å²) >= 11 is 0. The Morgan fingerprint density at radius 3 is 1.32 bits per heavy atom. The second kappa shape index (κ2) is 12.8. The van der Waals surface area contributed by atoms with Crippen molar-refractivity contribution < 1.29 is 39.2 Å². The zero-order valence-corrected chi connectivity index (χ0v) is 14.8. The molecule has 0 bridgehead atoms. The van der Waals surface area contributed by atoms with E-state index in [0.29, 0.717) is 26.2 Å². The number of hydrogen-bond donors (Lipinski definition) is 7. The van der Waals surface area contributed by atoms with Crippen LogP contribution in [-0.2, 0) is 18.9 Å². The summed E-state index contributed by atoms with van der Waals surface area (Å²) in [4.78, 5) is 42.3. The van der Waals surface area contributed by atoms with Crippen LogP contribution in [0.15, 0.2) is 0 Å². The molecule has 0 aromatic carbocycles. The van der Waals surface area contributed by atoms with Gasteiger partial charge in [0.2, 0.25) is 0 Å². The third kappa shape index (κ3) is 7.06. The van der Waals surface area contributed by atoms with Crippen molar-refractivity contribution in [1.82, 2.24) is 20.9 Å². The molecule has 25 heavy (non-hydrogen) atoms. The Balaban J connectivity index is 0.00000178. The Bertz CT molecular complexity index is 416. The van der Waals surface area contributed by atoms with Gasteiger partial charge in [-0.2, -0.15) is 0 Å². The zero-order valence-electron chi connectivity index (χ0n) is 13.6. The fourth-order valence-electron chi connectivity index (χ4n) is 2.28. The molecule has 1 atom stereocenters. The summed E-state index contributed by atoms with van der Waals surface area (Å²) in [5.41, 5.74) is -2.98. The molecule has 1 aliphatic rings. The highest BCUT2D eigenvalue weighted by Gasteiger charge is 2.59. The first-order valence-electron chi connectivity index (χ1n) is 7.50. The minimum absolute atomic E-state index is 0.00736. The number of carbonyl (C=O) groups is 3. The third-order valence-electron chi connectivity index (χ3n) is 3.48. The van der Waals surface area contributed by atoms with Crippen molar-refractivity contribution in [3.05, 3.63) is 0 Å². The molecular formula is C12H25N4O8P. The summed E-state index contributed by atoms with van der Waals surface area (Å²) < 4.78 is 8.57. The normalized spacial score (nSPS) is 18.4. The quantitative estimate of drug-likeness (QED) is 0.189. The van der Waals surface area contributed by atoms with Crippen LogP contribution in [-0.4, -0.2) is 101 Å². The van der Waals surface area contributed by atoms with Gasteiger partial charge in [0.25, 0.3) is 0 Å². The summed E-state index contributed by atoms with van der Waals surface area (Å²) in [5, 5.41) is 37.0. The highest BCUT2D eigenvalue weighted by atomic mass is 31.1. The van der Waals surface area contributed by atoms with E-state index in [2.05, 4.69) is 16.0 Å². The molecular weight excluding hydrogens is 359 g/mol. The van der Waals surface area contributed by atoms with Crippen LogP contribution < -0.4 is 16.0 Å². The topological polar surface area (TPSA) is 189 Å². The predicted octanol–water partition coefficient (Wildman–Crippen LogP) is -3.29. The number of rotatable bonds is 4. The van der Waals surface area contributed by atoms with Gasteiger partial charge < -0.3 is 36.2 Å². The number of nitrogens with one attached hydrogen (secondary N) is 3. The van der Waals surface area contributed by atoms with Crippen LogP contribution in [0.1, 0.15) is 0 Å². The maximum absolute atomic E-state index is 11.4. The molecule has 13 heteroatoms. The molecule has 146 valence electrons. The lowest BCUT2D eigenvalue weighted by Gasteiger charge is -2.34. The Morgan fingerprint density at radius 1 is 0.760 bits per heavy atom. The van der Waals surface area contributed by atoms with Gasteiger partial charge in [-0.1, -0.05) is 0 Å². The molecule has 1 unspecified atom stereocenters. The van der Waals surface area contributed by atoms with Crippen LogP contribution in [0, 0.1) is 0 Å². The van der Waals surface area contributed by atoms with Gasteiger partial charge in [-0.05, 0) is 0 Å². The van der Waals surface area contributed by atoms with E-state index in [4.69, 9.17) is 9.46 Å². The first-order valence-corrected chi connectivity index (χ1v) is 8.49. The highest BCUT2D eigenvalue weighted by Crippen LogP contribution is 2.17. The van der Waals surface area contributed by atoms with Crippen molar-refractivity contribution >= 4 is 26.6 Å². The molecule has 0 spiro atoms. The van der Waals surface area contributed by atoms with Gasteiger partial charge in [0, 0.05) is 52.4 Å². The lowest BCUT2D eigenvalue weighted by molar-refractivity contribution is -0.178. The molecule has 7 N–H and O–H groups in total. The summed E-state index contributed by atoms with van der Waals surface area (Å²) in [6.07, 6.45) is 0. The minimum atomic E-state index is -2.98. The Hall–Kier alpha value is -1.56. The van der Waals surface area contributed by atoms with Gasteiger partial charge in [-0.25, -0.2) is 14.4 Å². The molecule has 0 amide bonds. The second-order valence-corrected chi connectivity index (χ2v) is 5.18. The number of hydrogen-bond acceptors (Lipinski definition) is 8. The maximum atomic E-state index is 11.4. The van der Waals surface area contributed by atoms with E-state index < -0.39 is 32.1 Å². The molecule has 1 heterocycles. The van der Waals surface area contributed by atoms with Crippen molar-refractivity contribution in [2.75, 3.05) is 52.4 Å². The smallest absolute Gasteiger partial charge is 0.347 e. The molecule has 0 radical (unpaired) electrons. The van der Waals surface area contributed by atoms with Crippen molar-refractivity contribution in [1.29, 1.82) is 0 Å². The molecule has 0 aromatic heterocycles. The molecule has 0 aromatic rings. The van der Waals surface area contributed by atoms with E-state index in [-0.39, 0.29) is 26.2 Å². The van der Waals surface area contributed by atoms with Crippen LogP contribution >= 0.6 is 8.69 Å². The Kier molecular flexibility index (Phi) is 12.0. The maximum Gasteiger partial charge on any atom is 0.347 e. The fraction of sp³-hybridized carbons (Fsp3) is 0.750. The van der Waals surface area contributed by atoms with Gasteiger partial charge in [0.05, 0.1) is 0 Å². The lowest BCUT2D eigenvalue weighted by Crippen LogP contribution is -2.67. The average molecular weight is 384 g/mol. The van der Waals surface area contributed by atoms with Crippen LogP contribution in [0.4, 0.5) is 0 Å². The van der Waals surface area contributed by atoms with Gasteiger partial charge in [-0.3, -0.25) is 9.46 Å². The van der Waals surface area contributed by atoms with Gasteiger partial charge in [0.15, 0.2) is 8.69 Å². The van der Waals surface area contributed by atoms with E-state index in [0.717, 1.165) is 4.90 Å². The molecule has 1 rings (SSSR count). The van der Waals surface area contributed by atoms with Crippen LogP contribution in [0.5, 0.6) is 0 Å². The largest absolute Gasteiger partial charge is 0.479 e. The van der Waals surface area contributed by atoms with Gasteiger partial charge in [-0.15, -0.1) is 0 Å². The first kappa shape index (κ1) is 23.4. The van der Waals surface area contributed by atoms with E-state index in [9.17, 15) is 29.7 Å². The van der Waals surface area contributed by atoms with Crippen molar-refractivity contribution in [3.8, 4) is 0 Å². The van der Waals surface area contributed by atoms with Gasteiger partial charge in [0.1, 0.15) is 0 Å². The van der Waals surface area contributed by atoms with Crippen molar-refractivity contribution in [2.45, 2.75) is 5.54 Å². The molecule has 1 aliphatic heterocycles. The molecule has 0 saturated carbocycles. The van der Waals surface area contributed by atoms with E-state index in [1.807, 2.05) is 0 Å². The average Bonchev–Trinajstić information content (AvgIpc) is 2.49. The summed E-state index contributed by atoms with van der Waals surface area (Å²) in [6, 6.07) is 0. The number of aliphatic carboxylic acids is 3. The van der Waals surface area contributed by atoms with Crippen molar-refractivity contribution in [2.24, 2.45) is 0 Å². The molecule has 12 nitrogen and oxygen atoms in total. The van der Waals surface area contributed by atoms with E-state index >= 15 is 0 Å². The van der Waals surface area contributed by atoms with Crippen LogP contribution in [0.2, 0.25) is 0 Å². The zero-order chi connectivity index (χ0) is 19.3. The standard InChI is InChI=1S/C12H22N4O6.H3O2P/c17-9(18)12(10(19)20,11(21)22)16-7-5-14-3-1-13-2-4-15-6-8-16;1-3-2/h13-15H,1-8H2,(H,17,18)(H,19,20)(H,21,22);3H2,(H,1,2). The number of nitrogens with zero attached hydrogens (tertiary/aromatic N) is 1. The third-order valence-corrected chi connectivity index (χ3v) is 3.48. The summed E-state index contributed by atoms with van der Waals surface area (Å²) in [5.74, 6) is -5.70. The van der Waals surface area contributed by atoms with Gasteiger partial charge >= 0.3 is 23.4 Å². The Labute approximate surface area is 145 Å². The molecule has 0 aliphatic carbocycles. The highest BCUT2D eigenvalue weighted by molar-refractivity contribution is 7.16. The predicted molar refractivity (Wildman–Crippen MR) is 88.4 cm³/mol. The van der Waals surface area contributed by atoms with Crippen molar-refractivity contribution in [3.63, 3.8) is 0 Å². The molecule has 1 fully saturated rings. The monoisotopic (exact) mass is 384 g/mol. The number of carboxylic acids is 3. The summed E-state index contributed by atoms with van der Waals surface area (Å²) in [7, 11) is -1.50. The Morgan fingerprint density at radius 2 is 1.04 bits per heavy atom. The second-order valence-electron chi connectivity index (χ2n) is 4.97. The molecule has 1 saturated heterocycles. The van der Waals surface area contributed by atoms with Crippen LogP contribution in [0.3, 0.4) is 0 Å². The SMILES string of the molecule is O=C(O)C(C(=O)O)(C(=O)O)N1CCNCCNCCNCC1.O=[PH2]O. The fourth-order valence-corrected chi connectivity index (χ4v) is 2.28. The van der Waals surface area contributed by atoms with E-state index in [1.165, 1.54) is 0 Å². The van der Waals surface area contributed by atoms with E-state index in [1.54, 1.807) is 0 Å². The number of carboxylic acid groups (broad SMARTS) is 3. The lowest BCUT2D eigenvalue weighted by atomic mass is 9.97. The minimum Gasteiger partial charge on any atom is -0.479 e. The van der Waals surface area contributed by atoms with Crippen LogP contribution in [0.25, 0.3) is 0 Å². The first-order chi connectivity index (χ1) is 11.8.